The third-order valence-corrected chi connectivity index (χ3v) is 3.30. The fourth-order valence-corrected chi connectivity index (χ4v) is 2.08. The smallest absolute Gasteiger partial charge is 0.353 e. The number of rotatable bonds is 7. The van der Waals surface area contributed by atoms with Crippen LogP contribution in [0.15, 0.2) is 5.16 Å². The Bertz CT molecular complexity index is 312. The van der Waals surface area contributed by atoms with E-state index in [1.807, 2.05) is 6.92 Å². The normalized spacial score (nSPS) is 22.8. The number of hydrogen-bond acceptors (Lipinski definition) is 4. The van der Waals surface area contributed by atoms with Gasteiger partial charge in [-0.15, -0.1) is 0 Å². The molecule has 0 N–H and O–H groups in total. The highest BCUT2D eigenvalue weighted by atomic mass is 16.7. The lowest BCUT2D eigenvalue weighted by atomic mass is 9.88. The van der Waals surface area contributed by atoms with Crippen molar-refractivity contribution >= 4 is 11.7 Å². The summed E-state index contributed by atoms with van der Waals surface area (Å²) in [5, 5.41) is 4.09. The monoisotopic (exact) mass is 255 g/mol. The number of nitrogens with zero attached hydrogens (tertiary/aromatic N) is 1. The van der Waals surface area contributed by atoms with E-state index in [0.29, 0.717) is 25.4 Å². The van der Waals surface area contributed by atoms with Gasteiger partial charge in [0.2, 0.25) is 5.60 Å². The van der Waals surface area contributed by atoms with Gasteiger partial charge in [-0.05, 0) is 19.3 Å². The average Bonchev–Trinajstić information content (AvgIpc) is 2.76. The number of esters is 1. The molecule has 1 atom stereocenters. The maximum absolute atomic E-state index is 12.1. The first-order valence-electron chi connectivity index (χ1n) is 6.98. The molecule has 0 aromatic heterocycles. The van der Waals surface area contributed by atoms with Crippen molar-refractivity contribution in [2.45, 2.75) is 65.4 Å². The van der Waals surface area contributed by atoms with E-state index in [1.165, 1.54) is 0 Å². The summed E-state index contributed by atoms with van der Waals surface area (Å²) >= 11 is 0. The van der Waals surface area contributed by atoms with E-state index in [4.69, 9.17) is 9.57 Å². The van der Waals surface area contributed by atoms with Gasteiger partial charge in [-0.1, -0.05) is 38.8 Å². The second-order valence-corrected chi connectivity index (χ2v) is 5.18. The first-order chi connectivity index (χ1) is 8.55. The first-order valence-corrected chi connectivity index (χ1v) is 6.98. The van der Waals surface area contributed by atoms with Crippen molar-refractivity contribution in [3.8, 4) is 0 Å². The second-order valence-electron chi connectivity index (χ2n) is 5.18. The van der Waals surface area contributed by atoms with E-state index < -0.39 is 5.60 Å². The van der Waals surface area contributed by atoms with Crippen molar-refractivity contribution in [3.63, 3.8) is 0 Å². The van der Waals surface area contributed by atoms with Crippen LogP contribution in [0.2, 0.25) is 0 Å². The van der Waals surface area contributed by atoms with E-state index in [0.717, 1.165) is 25.0 Å². The van der Waals surface area contributed by atoms with Crippen LogP contribution in [-0.4, -0.2) is 23.9 Å². The SMILES string of the molecule is CCCCCC1(C(=O)OCC)CC(C(C)C)=NO1. The molecule has 0 radical (unpaired) electrons. The Hall–Kier alpha value is -1.06. The van der Waals surface area contributed by atoms with Crippen LogP contribution >= 0.6 is 0 Å². The number of carbonyl (C=O) groups excluding carboxylic acids is 1. The molecule has 1 rings (SSSR count). The molecule has 0 fully saturated rings. The van der Waals surface area contributed by atoms with E-state index in [9.17, 15) is 4.79 Å². The highest BCUT2D eigenvalue weighted by Gasteiger charge is 2.47. The van der Waals surface area contributed by atoms with Gasteiger partial charge in [-0.3, -0.25) is 0 Å². The summed E-state index contributed by atoms with van der Waals surface area (Å²) in [4.78, 5) is 17.6. The first kappa shape index (κ1) is 15.0. The Balaban J connectivity index is 2.69. The van der Waals surface area contributed by atoms with Crippen molar-refractivity contribution in [1.82, 2.24) is 0 Å². The molecule has 1 heterocycles. The minimum Gasteiger partial charge on any atom is -0.463 e. The molecule has 104 valence electrons. The summed E-state index contributed by atoms with van der Waals surface area (Å²) in [6.07, 6.45) is 4.46. The minimum absolute atomic E-state index is 0.263. The van der Waals surface area contributed by atoms with E-state index in [-0.39, 0.29) is 5.97 Å². The van der Waals surface area contributed by atoms with E-state index in [2.05, 4.69) is 25.9 Å². The molecule has 1 aliphatic rings. The van der Waals surface area contributed by atoms with Crippen LogP contribution < -0.4 is 0 Å². The fraction of sp³-hybridized carbons (Fsp3) is 0.857. The van der Waals surface area contributed by atoms with Crippen molar-refractivity contribution in [2.24, 2.45) is 11.1 Å². The van der Waals surface area contributed by atoms with Gasteiger partial charge < -0.3 is 9.57 Å². The highest BCUT2D eigenvalue weighted by Crippen LogP contribution is 2.33. The number of oxime groups is 1. The van der Waals surface area contributed by atoms with Gasteiger partial charge in [0, 0.05) is 12.8 Å². The molecule has 0 aromatic carbocycles. The number of unbranched alkanes of at least 4 members (excludes halogenated alkanes) is 2. The molecule has 4 heteroatoms. The zero-order valence-electron chi connectivity index (χ0n) is 12.0. The molecule has 0 amide bonds. The molecule has 0 saturated heterocycles. The van der Waals surface area contributed by atoms with Gasteiger partial charge >= 0.3 is 5.97 Å². The highest BCUT2D eigenvalue weighted by molar-refractivity contribution is 5.94. The molecule has 0 spiro atoms. The summed E-state index contributed by atoms with van der Waals surface area (Å²) < 4.78 is 5.15. The topological polar surface area (TPSA) is 47.9 Å². The van der Waals surface area contributed by atoms with Crippen molar-refractivity contribution in [1.29, 1.82) is 0 Å². The van der Waals surface area contributed by atoms with Crippen LogP contribution in [-0.2, 0) is 14.4 Å². The van der Waals surface area contributed by atoms with Gasteiger partial charge in [-0.2, -0.15) is 0 Å². The Labute approximate surface area is 110 Å². The lowest BCUT2D eigenvalue weighted by molar-refractivity contribution is -0.170. The maximum atomic E-state index is 12.1. The molecular formula is C14H25NO3. The van der Waals surface area contributed by atoms with Gasteiger partial charge in [0.15, 0.2) is 0 Å². The largest absolute Gasteiger partial charge is 0.463 e. The molecule has 0 aliphatic carbocycles. The Morgan fingerprint density at radius 2 is 2.17 bits per heavy atom. The molecule has 1 aliphatic heterocycles. The Morgan fingerprint density at radius 3 is 2.67 bits per heavy atom. The summed E-state index contributed by atoms with van der Waals surface area (Å²) in [5.74, 6) is 0.0491. The van der Waals surface area contributed by atoms with Gasteiger partial charge in [-0.25, -0.2) is 4.79 Å². The predicted octanol–water partition coefficient (Wildman–Crippen LogP) is 3.30. The van der Waals surface area contributed by atoms with E-state index in [1.54, 1.807) is 0 Å². The number of carbonyl (C=O) groups is 1. The number of hydrogen-bond donors (Lipinski definition) is 0. The summed E-state index contributed by atoms with van der Waals surface area (Å²) in [6.45, 7) is 8.47. The standard InChI is InChI=1S/C14H25NO3/c1-5-7-8-9-14(13(16)17-6-2)10-12(11(3)4)15-18-14/h11H,5-10H2,1-4H3. The quantitative estimate of drug-likeness (QED) is 0.518. The molecule has 0 bridgehead atoms. The molecule has 0 aromatic rings. The van der Waals surface area contributed by atoms with Crippen LogP contribution in [0.4, 0.5) is 0 Å². The summed E-state index contributed by atoms with van der Waals surface area (Å²) in [6, 6.07) is 0. The van der Waals surface area contributed by atoms with Crippen LogP contribution in [0.5, 0.6) is 0 Å². The van der Waals surface area contributed by atoms with Gasteiger partial charge in [0.1, 0.15) is 0 Å². The molecule has 18 heavy (non-hydrogen) atoms. The van der Waals surface area contributed by atoms with E-state index >= 15 is 0 Å². The van der Waals surface area contributed by atoms with Crippen LogP contribution in [0.1, 0.15) is 59.8 Å². The molecule has 4 nitrogen and oxygen atoms in total. The Morgan fingerprint density at radius 1 is 1.44 bits per heavy atom. The van der Waals surface area contributed by atoms with Crippen molar-refractivity contribution in [3.05, 3.63) is 0 Å². The number of ether oxygens (including phenoxy) is 1. The minimum atomic E-state index is -0.856. The van der Waals surface area contributed by atoms with Crippen LogP contribution in [0.3, 0.4) is 0 Å². The molecule has 1 unspecified atom stereocenters. The predicted molar refractivity (Wildman–Crippen MR) is 71.5 cm³/mol. The lowest BCUT2D eigenvalue weighted by Gasteiger charge is -2.24. The average molecular weight is 255 g/mol. The summed E-state index contributed by atoms with van der Waals surface area (Å²) in [5.41, 5.74) is 0.102. The van der Waals surface area contributed by atoms with Gasteiger partial charge in [0.25, 0.3) is 0 Å². The fourth-order valence-electron chi connectivity index (χ4n) is 2.08. The third-order valence-electron chi connectivity index (χ3n) is 3.30. The Kier molecular flexibility index (Phi) is 5.63. The second kappa shape index (κ2) is 6.76. The van der Waals surface area contributed by atoms with Crippen LogP contribution in [0, 0.1) is 5.92 Å². The zero-order valence-corrected chi connectivity index (χ0v) is 12.0. The van der Waals surface area contributed by atoms with Crippen molar-refractivity contribution < 1.29 is 14.4 Å². The van der Waals surface area contributed by atoms with Crippen molar-refractivity contribution in [2.75, 3.05) is 6.61 Å². The summed E-state index contributed by atoms with van der Waals surface area (Å²) in [7, 11) is 0. The molecule has 0 saturated carbocycles. The maximum Gasteiger partial charge on any atom is 0.353 e. The molecular weight excluding hydrogens is 230 g/mol. The third kappa shape index (κ3) is 3.47. The lowest BCUT2D eigenvalue weighted by Crippen LogP contribution is -2.41. The zero-order chi connectivity index (χ0) is 13.6. The van der Waals surface area contributed by atoms with Crippen LogP contribution in [0.25, 0.3) is 0 Å². The van der Waals surface area contributed by atoms with Gasteiger partial charge in [0.05, 0.1) is 12.3 Å².